The SMILES string of the molecule is O=C1CCCN1c1ccc(CN2CCC3(CC2)OCCc2cc(Cl)sc23)cc1. The molecule has 1 amide bonds. The first-order chi connectivity index (χ1) is 13.6. The molecule has 28 heavy (non-hydrogen) atoms. The van der Waals surface area contributed by atoms with Crippen molar-refractivity contribution in [1.82, 2.24) is 4.90 Å². The van der Waals surface area contributed by atoms with Crippen molar-refractivity contribution in [3.8, 4) is 0 Å². The zero-order valence-corrected chi connectivity index (χ0v) is 17.5. The second kappa shape index (κ2) is 7.45. The number of ether oxygens (including phenoxy) is 1. The van der Waals surface area contributed by atoms with Crippen LogP contribution in [0.5, 0.6) is 0 Å². The highest BCUT2D eigenvalue weighted by atomic mass is 35.5. The third-order valence-electron chi connectivity index (χ3n) is 6.33. The number of carbonyl (C=O) groups excluding carboxylic acids is 1. The topological polar surface area (TPSA) is 32.8 Å². The first-order valence-electron chi connectivity index (χ1n) is 10.2. The van der Waals surface area contributed by atoms with E-state index in [0.29, 0.717) is 6.42 Å². The van der Waals surface area contributed by atoms with Crippen molar-refractivity contribution in [2.45, 2.75) is 44.2 Å². The Hall–Kier alpha value is -1.40. The number of piperidine rings is 1. The third kappa shape index (κ3) is 3.39. The monoisotopic (exact) mass is 416 g/mol. The van der Waals surface area contributed by atoms with Crippen molar-refractivity contribution >= 4 is 34.5 Å². The summed E-state index contributed by atoms with van der Waals surface area (Å²) in [6.07, 6.45) is 4.68. The molecule has 5 rings (SSSR count). The molecule has 1 aromatic heterocycles. The molecule has 2 saturated heterocycles. The minimum absolute atomic E-state index is 0.123. The van der Waals surface area contributed by atoms with E-state index < -0.39 is 0 Å². The Kier molecular flexibility index (Phi) is 4.95. The van der Waals surface area contributed by atoms with Crippen LogP contribution in [0.15, 0.2) is 30.3 Å². The van der Waals surface area contributed by atoms with Crippen LogP contribution >= 0.6 is 22.9 Å². The van der Waals surface area contributed by atoms with Crippen LogP contribution in [-0.4, -0.2) is 37.0 Å². The van der Waals surface area contributed by atoms with Gasteiger partial charge in [0.15, 0.2) is 0 Å². The van der Waals surface area contributed by atoms with Gasteiger partial charge in [-0.15, -0.1) is 11.3 Å². The van der Waals surface area contributed by atoms with E-state index in [1.165, 1.54) is 16.0 Å². The molecule has 3 aliphatic heterocycles. The van der Waals surface area contributed by atoms with Crippen LogP contribution in [0.2, 0.25) is 4.34 Å². The zero-order valence-electron chi connectivity index (χ0n) is 16.0. The maximum atomic E-state index is 11.9. The van der Waals surface area contributed by atoms with Gasteiger partial charge in [0, 0.05) is 43.2 Å². The average molecular weight is 417 g/mol. The van der Waals surface area contributed by atoms with E-state index in [1.54, 1.807) is 11.3 Å². The smallest absolute Gasteiger partial charge is 0.227 e. The number of hydrogen-bond acceptors (Lipinski definition) is 4. The van der Waals surface area contributed by atoms with Crippen LogP contribution in [0.25, 0.3) is 0 Å². The van der Waals surface area contributed by atoms with Gasteiger partial charge in [0.1, 0.15) is 5.60 Å². The highest BCUT2D eigenvalue weighted by Crippen LogP contribution is 2.46. The van der Waals surface area contributed by atoms with Crippen molar-refractivity contribution in [2.75, 3.05) is 31.1 Å². The summed E-state index contributed by atoms with van der Waals surface area (Å²) >= 11 is 7.99. The molecule has 1 aromatic carbocycles. The summed E-state index contributed by atoms with van der Waals surface area (Å²) in [7, 11) is 0. The quantitative estimate of drug-likeness (QED) is 0.733. The molecule has 0 unspecified atom stereocenters. The van der Waals surface area contributed by atoms with Crippen molar-refractivity contribution < 1.29 is 9.53 Å². The summed E-state index contributed by atoms with van der Waals surface area (Å²) in [4.78, 5) is 17.7. The molecule has 0 saturated carbocycles. The number of nitrogens with zero attached hydrogens (tertiary/aromatic N) is 2. The first-order valence-corrected chi connectivity index (χ1v) is 11.4. The molecule has 1 spiro atoms. The second-order valence-electron chi connectivity index (χ2n) is 8.09. The van der Waals surface area contributed by atoms with E-state index in [2.05, 4.69) is 35.2 Å². The molecule has 0 N–H and O–H groups in total. The fourth-order valence-corrected chi connectivity index (χ4v) is 6.29. The Bertz CT molecular complexity index is 871. The molecule has 148 valence electrons. The zero-order chi connectivity index (χ0) is 19.1. The molecule has 3 aliphatic rings. The van der Waals surface area contributed by atoms with Crippen molar-refractivity contribution in [3.63, 3.8) is 0 Å². The predicted octanol–water partition coefficient (Wildman–Crippen LogP) is 4.59. The standard InChI is InChI=1S/C22H25ClN2O2S/c23-19-14-17-7-13-27-22(21(17)28-19)8-11-24(12-9-22)15-16-3-5-18(6-4-16)25-10-1-2-20(25)26/h3-6,14H,1-2,7-13,15H2. The Morgan fingerprint density at radius 1 is 1.11 bits per heavy atom. The summed E-state index contributed by atoms with van der Waals surface area (Å²) in [5, 5.41) is 0. The summed E-state index contributed by atoms with van der Waals surface area (Å²) in [6.45, 7) is 4.66. The molecule has 0 radical (unpaired) electrons. The number of anilines is 1. The van der Waals surface area contributed by atoms with Crippen LogP contribution in [0.4, 0.5) is 5.69 Å². The highest BCUT2D eigenvalue weighted by molar-refractivity contribution is 7.16. The summed E-state index contributed by atoms with van der Waals surface area (Å²) in [5.74, 6) is 0.245. The fourth-order valence-electron chi connectivity index (χ4n) is 4.79. The lowest BCUT2D eigenvalue weighted by Crippen LogP contribution is -2.45. The number of likely N-dealkylation sites (tertiary alicyclic amines) is 1. The van der Waals surface area contributed by atoms with Gasteiger partial charge in [-0.25, -0.2) is 0 Å². The van der Waals surface area contributed by atoms with Crippen LogP contribution in [-0.2, 0) is 28.1 Å². The van der Waals surface area contributed by atoms with Crippen LogP contribution < -0.4 is 4.90 Å². The van der Waals surface area contributed by atoms with Gasteiger partial charge in [0.05, 0.1) is 10.9 Å². The van der Waals surface area contributed by atoms with E-state index in [9.17, 15) is 4.79 Å². The lowest BCUT2D eigenvalue weighted by Gasteiger charge is -2.43. The molecular formula is C22H25ClN2O2S. The number of amides is 1. The Balaban J connectivity index is 1.23. The number of benzene rings is 1. The maximum Gasteiger partial charge on any atom is 0.227 e. The van der Waals surface area contributed by atoms with E-state index in [-0.39, 0.29) is 11.5 Å². The maximum absolute atomic E-state index is 11.9. The highest BCUT2D eigenvalue weighted by Gasteiger charge is 2.42. The molecule has 2 fully saturated rings. The van der Waals surface area contributed by atoms with Gasteiger partial charge in [0.25, 0.3) is 0 Å². The van der Waals surface area contributed by atoms with E-state index >= 15 is 0 Å². The van der Waals surface area contributed by atoms with Crippen molar-refractivity contribution in [3.05, 3.63) is 50.7 Å². The number of halogens is 1. The van der Waals surface area contributed by atoms with Gasteiger partial charge in [-0.3, -0.25) is 9.69 Å². The summed E-state index contributed by atoms with van der Waals surface area (Å²) in [5.41, 5.74) is 3.60. The van der Waals surface area contributed by atoms with Gasteiger partial charge >= 0.3 is 0 Å². The predicted molar refractivity (Wildman–Crippen MR) is 113 cm³/mol. The fraction of sp³-hybridized carbons (Fsp3) is 0.500. The second-order valence-corrected chi connectivity index (χ2v) is 9.77. The van der Waals surface area contributed by atoms with E-state index in [4.69, 9.17) is 16.3 Å². The average Bonchev–Trinajstić information content (AvgIpc) is 3.30. The number of hydrogen-bond donors (Lipinski definition) is 0. The number of carbonyl (C=O) groups is 1. The molecule has 4 heterocycles. The van der Waals surface area contributed by atoms with Crippen LogP contribution in [0.3, 0.4) is 0 Å². The van der Waals surface area contributed by atoms with Gasteiger partial charge in [-0.05, 0) is 55.0 Å². The van der Waals surface area contributed by atoms with Gasteiger partial charge < -0.3 is 9.64 Å². The van der Waals surface area contributed by atoms with Crippen LogP contribution in [0.1, 0.15) is 41.7 Å². The van der Waals surface area contributed by atoms with E-state index in [1.807, 2.05) is 4.90 Å². The Morgan fingerprint density at radius 3 is 2.61 bits per heavy atom. The largest absolute Gasteiger partial charge is 0.369 e. The number of rotatable bonds is 3. The number of thiophene rings is 1. The molecular weight excluding hydrogens is 392 g/mol. The van der Waals surface area contributed by atoms with Crippen molar-refractivity contribution in [2.24, 2.45) is 0 Å². The minimum Gasteiger partial charge on any atom is -0.369 e. The lowest BCUT2D eigenvalue weighted by molar-refractivity contribution is -0.117. The molecule has 4 nitrogen and oxygen atoms in total. The molecule has 2 aromatic rings. The molecule has 0 aliphatic carbocycles. The number of fused-ring (bicyclic) bond motifs is 2. The van der Waals surface area contributed by atoms with Gasteiger partial charge in [0.2, 0.25) is 5.91 Å². The third-order valence-corrected chi connectivity index (χ3v) is 7.83. The van der Waals surface area contributed by atoms with E-state index in [0.717, 1.165) is 68.5 Å². The molecule has 6 heteroatoms. The molecule has 0 bridgehead atoms. The summed E-state index contributed by atoms with van der Waals surface area (Å²) in [6, 6.07) is 10.6. The first kappa shape index (κ1) is 18.6. The van der Waals surface area contributed by atoms with Crippen LogP contribution in [0, 0.1) is 0 Å². The summed E-state index contributed by atoms with van der Waals surface area (Å²) < 4.78 is 7.20. The Morgan fingerprint density at radius 2 is 1.89 bits per heavy atom. The van der Waals surface area contributed by atoms with Gasteiger partial charge in [-0.2, -0.15) is 0 Å². The van der Waals surface area contributed by atoms with Crippen molar-refractivity contribution in [1.29, 1.82) is 0 Å². The molecule has 0 atom stereocenters. The normalized spacial score (nSPS) is 22.0. The van der Waals surface area contributed by atoms with Gasteiger partial charge in [-0.1, -0.05) is 23.7 Å². The minimum atomic E-state index is -0.123. The Labute approximate surface area is 175 Å². The lowest BCUT2D eigenvalue weighted by atomic mass is 9.85.